The maximum absolute atomic E-state index is 13.1. The van der Waals surface area contributed by atoms with Gasteiger partial charge in [-0.25, -0.2) is 0 Å². The van der Waals surface area contributed by atoms with Crippen molar-refractivity contribution < 1.29 is 17.9 Å². The van der Waals surface area contributed by atoms with E-state index in [4.69, 9.17) is 10.5 Å². The molecule has 0 saturated heterocycles. The van der Waals surface area contributed by atoms with E-state index in [9.17, 15) is 13.2 Å². The van der Waals surface area contributed by atoms with Crippen LogP contribution in [-0.2, 0) is 11.9 Å². The van der Waals surface area contributed by atoms with E-state index in [1.54, 1.807) is 13.0 Å². The Kier molecular flexibility index (Phi) is 6.68. The fraction of sp³-hybridized carbons (Fsp3) is 0.222. The highest BCUT2D eigenvalue weighted by molar-refractivity contribution is 8.13. The highest BCUT2D eigenvalue weighted by atomic mass is 32.2. The van der Waals surface area contributed by atoms with Crippen LogP contribution in [0.3, 0.4) is 0 Å². The number of methoxy groups -OCH3 is 1. The first-order valence-corrected chi connectivity index (χ1v) is 8.59. The molecule has 4 nitrogen and oxygen atoms in total. The Hall–Kier alpha value is -2.48. The van der Waals surface area contributed by atoms with E-state index in [0.717, 1.165) is 11.6 Å². The molecule has 0 aliphatic rings. The summed E-state index contributed by atoms with van der Waals surface area (Å²) in [6, 6.07) is 12.2. The maximum atomic E-state index is 13.1. The number of alkyl halides is 3. The van der Waals surface area contributed by atoms with Crippen molar-refractivity contribution in [2.75, 3.05) is 7.11 Å². The molecule has 0 aliphatic heterocycles. The minimum Gasteiger partial charge on any atom is -0.496 e. The summed E-state index contributed by atoms with van der Waals surface area (Å²) in [7, 11) is 1.21. The molecule has 2 N–H and O–H groups in total. The first-order chi connectivity index (χ1) is 12.3. The van der Waals surface area contributed by atoms with E-state index in [0.29, 0.717) is 11.3 Å². The summed E-state index contributed by atoms with van der Waals surface area (Å²) in [6.45, 7) is 1.54. The summed E-state index contributed by atoms with van der Waals surface area (Å²) < 4.78 is 44.3. The number of thioether (sulfide) groups is 1. The van der Waals surface area contributed by atoms with Crippen molar-refractivity contribution in [3.63, 3.8) is 0 Å². The van der Waals surface area contributed by atoms with E-state index in [-0.39, 0.29) is 16.5 Å². The summed E-state index contributed by atoms with van der Waals surface area (Å²) in [5.41, 5.74) is 6.62. The molecule has 0 saturated carbocycles. The van der Waals surface area contributed by atoms with E-state index in [2.05, 4.69) is 10.2 Å². The Bertz CT molecular complexity index is 805. The molecule has 0 heterocycles. The van der Waals surface area contributed by atoms with Gasteiger partial charge in [-0.2, -0.15) is 18.3 Å². The monoisotopic (exact) mass is 381 g/mol. The number of halogens is 3. The van der Waals surface area contributed by atoms with Crippen LogP contribution in [0, 0.1) is 6.92 Å². The van der Waals surface area contributed by atoms with E-state index >= 15 is 0 Å². The number of ether oxygens (including phenoxy) is 1. The van der Waals surface area contributed by atoms with Gasteiger partial charge in [-0.3, -0.25) is 0 Å². The summed E-state index contributed by atoms with van der Waals surface area (Å²) in [4.78, 5) is 0. The molecule has 138 valence electrons. The summed E-state index contributed by atoms with van der Waals surface area (Å²) in [5, 5.41) is 7.82. The zero-order valence-corrected chi connectivity index (χ0v) is 15.1. The second-order valence-electron chi connectivity index (χ2n) is 5.37. The van der Waals surface area contributed by atoms with Gasteiger partial charge in [-0.15, -0.1) is 5.10 Å². The smallest absolute Gasteiger partial charge is 0.419 e. The number of aryl methyl sites for hydroxylation is 1. The lowest BCUT2D eigenvalue weighted by atomic mass is 10.0. The van der Waals surface area contributed by atoms with E-state index in [1.807, 2.05) is 30.3 Å². The highest BCUT2D eigenvalue weighted by Crippen LogP contribution is 2.38. The molecule has 2 aromatic rings. The van der Waals surface area contributed by atoms with Gasteiger partial charge in [0, 0.05) is 5.75 Å². The summed E-state index contributed by atoms with van der Waals surface area (Å²) in [5.74, 6) is 0.432. The zero-order valence-electron chi connectivity index (χ0n) is 14.2. The average Bonchev–Trinajstić information content (AvgIpc) is 2.59. The van der Waals surface area contributed by atoms with Gasteiger partial charge in [0.05, 0.1) is 18.9 Å². The number of nitrogens with two attached hydrogens (primary N) is 1. The molecule has 0 radical (unpaired) electrons. The minimum absolute atomic E-state index is 0.198. The standard InChI is InChI=1S/C18H18F3N3OS/c1-12-8-14(9-15(16(12)25-2)18(19,20)21)10-23-24-17(22)26-11-13-6-4-3-5-7-13/h3-10H,11H2,1-2H3,(H2,22,24). The van der Waals surface area contributed by atoms with Crippen LogP contribution in [0.2, 0.25) is 0 Å². The maximum Gasteiger partial charge on any atom is 0.419 e. The van der Waals surface area contributed by atoms with Crippen LogP contribution in [-0.4, -0.2) is 18.5 Å². The van der Waals surface area contributed by atoms with E-state index < -0.39 is 11.7 Å². The Balaban J connectivity index is 2.10. The number of nitrogens with zero attached hydrogens (tertiary/aromatic N) is 2. The lowest BCUT2D eigenvalue weighted by Gasteiger charge is -2.14. The second-order valence-corrected chi connectivity index (χ2v) is 6.37. The molecule has 0 atom stereocenters. The number of benzene rings is 2. The molecule has 0 unspecified atom stereocenters. The van der Waals surface area contributed by atoms with Gasteiger partial charge in [-0.05, 0) is 35.7 Å². The molecule has 26 heavy (non-hydrogen) atoms. The molecule has 0 aromatic heterocycles. The van der Waals surface area contributed by atoms with E-state index in [1.165, 1.54) is 25.1 Å². The predicted octanol–water partition coefficient (Wildman–Crippen LogP) is 4.60. The number of hydrogen-bond acceptors (Lipinski definition) is 4. The SMILES string of the molecule is COc1c(C)cc(C=NN=C(N)SCc2ccccc2)cc1C(F)(F)F. The number of hydrogen-bond donors (Lipinski definition) is 1. The molecular weight excluding hydrogens is 363 g/mol. The van der Waals surface area contributed by atoms with Crippen molar-refractivity contribution in [2.45, 2.75) is 18.9 Å². The van der Waals surface area contributed by atoms with Crippen molar-refractivity contribution in [3.05, 3.63) is 64.7 Å². The van der Waals surface area contributed by atoms with Crippen LogP contribution < -0.4 is 10.5 Å². The molecule has 0 bridgehead atoms. The lowest BCUT2D eigenvalue weighted by molar-refractivity contribution is -0.138. The fourth-order valence-electron chi connectivity index (χ4n) is 2.27. The number of rotatable bonds is 5. The Morgan fingerprint density at radius 2 is 1.92 bits per heavy atom. The Morgan fingerprint density at radius 1 is 1.23 bits per heavy atom. The quantitative estimate of drug-likeness (QED) is 0.468. The van der Waals surface area contributed by atoms with Crippen LogP contribution in [0.5, 0.6) is 5.75 Å². The molecule has 0 amide bonds. The van der Waals surface area contributed by atoms with Crippen molar-refractivity contribution >= 4 is 23.1 Å². The van der Waals surface area contributed by atoms with Gasteiger partial charge < -0.3 is 10.5 Å². The normalized spacial score (nSPS) is 12.6. The zero-order chi connectivity index (χ0) is 19.2. The van der Waals surface area contributed by atoms with Crippen molar-refractivity contribution in [3.8, 4) is 5.75 Å². The van der Waals surface area contributed by atoms with Gasteiger partial charge in [-0.1, -0.05) is 42.1 Å². The minimum atomic E-state index is -4.52. The van der Waals surface area contributed by atoms with Crippen molar-refractivity contribution in [1.82, 2.24) is 0 Å². The fourth-order valence-corrected chi connectivity index (χ4v) is 2.88. The molecule has 2 aromatic carbocycles. The van der Waals surface area contributed by atoms with Crippen LogP contribution in [0.4, 0.5) is 13.2 Å². The predicted molar refractivity (Wildman–Crippen MR) is 99.7 cm³/mol. The second kappa shape index (κ2) is 8.75. The third kappa shape index (κ3) is 5.52. The molecule has 0 spiro atoms. The van der Waals surface area contributed by atoms with Gasteiger partial charge >= 0.3 is 6.18 Å². The van der Waals surface area contributed by atoms with Gasteiger partial charge in [0.1, 0.15) is 5.75 Å². The van der Waals surface area contributed by atoms with Crippen molar-refractivity contribution in [1.29, 1.82) is 0 Å². The third-order valence-corrected chi connectivity index (χ3v) is 4.25. The lowest BCUT2D eigenvalue weighted by Crippen LogP contribution is -2.09. The topological polar surface area (TPSA) is 60.0 Å². The Morgan fingerprint density at radius 3 is 2.54 bits per heavy atom. The highest BCUT2D eigenvalue weighted by Gasteiger charge is 2.35. The largest absolute Gasteiger partial charge is 0.496 e. The van der Waals surface area contributed by atoms with Gasteiger partial charge in [0.25, 0.3) is 0 Å². The molecule has 8 heteroatoms. The molecule has 0 fully saturated rings. The summed E-state index contributed by atoms with van der Waals surface area (Å²) in [6.07, 6.45) is -3.29. The average molecular weight is 381 g/mol. The molecule has 2 rings (SSSR count). The van der Waals surface area contributed by atoms with Gasteiger partial charge in [0.15, 0.2) is 5.17 Å². The summed E-state index contributed by atoms with van der Waals surface area (Å²) >= 11 is 1.30. The van der Waals surface area contributed by atoms with Crippen LogP contribution in [0.1, 0.15) is 22.3 Å². The van der Waals surface area contributed by atoms with Crippen LogP contribution in [0.15, 0.2) is 52.7 Å². The number of amidine groups is 1. The first-order valence-electron chi connectivity index (χ1n) is 7.60. The van der Waals surface area contributed by atoms with Crippen LogP contribution >= 0.6 is 11.8 Å². The van der Waals surface area contributed by atoms with Crippen molar-refractivity contribution in [2.24, 2.45) is 15.9 Å². The van der Waals surface area contributed by atoms with Crippen LogP contribution in [0.25, 0.3) is 0 Å². The van der Waals surface area contributed by atoms with Gasteiger partial charge in [0.2, 0.25) is 0 Å². The molecular formula is C18H18F3N3OS. The third-order valence-electron chi connectivity index (χ3n) is 3.40. The first kappa shape index (κ1) is 19.8. The Labute approximate surface area is 154 Å². The molecule has 0 aliphatic carbocycles.